The third kappa shape index (κ3) is 1.77. The maximum atomic E-state index is 10.6. The smallest absolute Gasteiger partial charge is 0.337 e. The zero-order valence-electron chi connectivity index (χ0n) is 6.79. The highest BCUT2D eigenvalue weighted by Crippen LogP contribution is 2.37. The van der Waals surface area contributed by atoms with Gasteiger partial charge in [-0.2, -0.15) is 0 Å². The minimum absolute atomic E-state index is 0.0248. The summed E-state index contributed by atoms with van der Waals surface area (Å²) in [5.41, 5.74) is -0.227. The molecule has 1 rings (SSSR count). The van der Waals surface area contributed by atoms with Crippen LogP contribution in [0.3, 0.4) is 0 Å². The van der Waals surface area contributed by atoms with Crippen LogP contribution in [0.2, 0.25) is 10.0 Å². The van der Waals surface area contributed by atoms with Crippen molar-refractivity contribution in [1.29, 1.82) is 0 Å². The molecule has 0 saturated heterocycles. The van der Waals surface area contributed by atoms with Crippen LogP contribution in [0.4, 0.5) is 0 Å². The second-order valence-corrected chi connectivity index (χ2v) is 3.28. The molecule has 0 atom stereocenters. The molecule has 0 aromatic heterocycles. The Kier molecular flexibility index (Phi) is 3.21. The van der Waals surface area contributed by atoms with Gasteiger partial charge in [-0.05, 0) is 6.07 Å². The lowest BCUT2D eigenvalue weighted by molar-refractivity contribution is 0.0697. The van der Waals surface area contributed by atoms with E-state index in [4.69, 9.17) is 33.4 Å². The summed E-state index contributed by atoms with van der Waals surface area (Å²) in [7, 11) is 0. The molecule has 0 aliphatic heterocycles. The summed E-state index contributed by atoms with van der Waals surface area (Å²) >= 11 is 11.1. The van der Waals surface area contributed by atoms with E-state index in [0.717, 1.165) is 6.07 Å². The Morgan fingerprint density at radius 1 is 1.36 bits per heavy atom. The number of aromatic carboxylic acids is 1. The van der Waals surface area contributed by atoms with E-state index in [1.165, 1.54) is 0 Å². The fourth-order valence-corrected chi connectivity index (χ4v) is 1.39. The number of aromatic hydroxyl groups is 1. The zero-order chi connectivity index (χ0) is 10.9. The van der Waals surface area contributed by atoms with Crippen molar-refractivity contribution in [3.63, 3.8) is 0 Å². The molecule has 76 valence electrons. The molecular formula is C8H6Cl2O4. The van der Waals surface area contributed by atoms with Gasteiger partial charge in [0.2, 0.25) is 0 Å². The topological polar surface area (TPSA) is 77.8 Å². The Labute approximate surface area is 89.3 Å². The number of hydrogen-bond acceptors (Lipinski definition) is 3. The molecule has 0 unspecified atom stereocenters. The van der Waals surface area contributed by atoms with Crippen LogP contribution in [-0.4, -0.2) is 21.3 Å². The Hall–Kier alpha value is -0.970. The predicted octanol–water partition coefficient (Wildman–Crippen LogP) is 1.89. The lowest BCUT2D eigenvalue weighted by atomic mass is 10.1. The van der Waals surface area contributed by atoms with Crippen LogP contribution in [0, 0.1) is 0 Å². The van der Waals surface area contributed by atoms with Gasteiger partial charge in [-0.25, -0.2) is 4.79 Å². The SMILES string of the molecule is O=C(O)c1cc(CO)c(O)c(Cl)c1Cl. The lowest BCUT2D eigenvalue weighted by Gasteiger charge is -2.07. The van der Waals surface area contributed by atoms with Gasteiger partial charge in [0.15, 0.2) is 0 Å². The molecule has 0 saturated carbocycles. The summed E-state index contributed by atoms with van der Waals surface area (Å²) in [5.74, 6) is -1.67. The van der Waals surface area contributed by atoms with Gasteiger partial charge < -0.3 is 15.3 Å². The average Bonchev–Trinajstić information content (AvgIpc) is 2.14. The standard InChI is InChI=1S/C8H6Cl2O4/c9-5-4(8(13)14)1-3(2-11)7(12)6(5)10/h1,11-12H,2H2,(H,13,14). The first-order valence-corrected chi connectivity index (χ1v) is 4.28. The van der Waals surface area contributed by atoms with Gasteiger partial charge in [-0.3, -0.25) is 0 Å². The molecule has 4 nitrogen and oxygen atoms in total. The first kappa shape index (κ1) is 11.1. The fourth-order valence-electron chi connectivity index (χ4n) is 0.945. The van der Waals surface area contributed by atoms with Gasteiger partial charge in [0, 0.05) is 5.56 Å². The molecule has 0 radical (unpaired) electrons. The average molecular weight is 237 g/mol. The van der Waals surface area contributed by atoms with Crippen molar-refractivity contribution in [3.8, 4) is 5.75 Å². The molecule has 0 bridgehead atoms. The van der Waals surface area contributed by atoms with Gasteiger partial charge in [0.05, 0.1) is 17.2 Å². The number of carboxylic acids is 1. The van der Waals surface area contributed by atoms with Crippen molar-refractivity contribution in [2.24, 2.45) is 0 Å². The highest BCUT2D eigenvalue weighted by atomic mass is 35.5. The van der Waals surface area contributed by atoms with Gasteiger partial charge in [-0.1, -0.05) is 23.2 Å². The molecule has 3 N–H and O–H groups in total. The quantitative estimate of drug-likeness (QED) is 0.733. The van der Waals surface area contributed by atoms with Crippen molar-refractivity contribution in [2.45, 2.75) is 6.61 Å². The summed E-state index contributed by atoms with van der Waals surface area (Å²) in [5, 5.41) is 26.3. The highest BCUT2D eigenvalue weighted by molar-refractivity contribution is 6.44. The van der Waals surface area contributed by atoms with Crippen LogP contribution in [0.1, 0.15) is 15.9 Å². The summed E-state index contributed by atoms with van der Waals surface area (Å²) in [4.78, 5) is 10.6. The summed E-state index contributed by atoms with van der Waals surface area (Å²) in [6.45, 7) is -0.511. The number of carbonyl (C=O) groups is 1. The van der Waals surface area contributed by atoms with E-state index in [1.807, 2.05) is 0 Å². The molecule has 1 aromatic carbocycles. The van der Waals surface area contributed by atoms with Crippen molar-refractivity contribution in [2.75, 3.05) is 0 Å². The monoisotopic (exact) mass is 236 g/mol. The number of hydrogen-bond donors (Lipinski definition) is 3. The number of halogens is 2. The third-order valence-corrected chi connectivity index (χ3v) is 2.52. The van der Waals surface area contributed by atoms with Crippen molar-refractivity contribution >= 4 is 29.2 Å². The lowest BCUT2D eigenvalue weighted by Crippen LogP contribution is -2.00. The van der Waals surface area contributed by atoms with Crippen LogP contribution in [0.5, 0.6) is 5.75 Å². The number of aliphatic hydroxyl groups is 1. The normalized spacial score (nSPS) is 10.2. The first-order chi connectivity index (χ1) is 6.49. The van der Waals surface area contributed by atoms with E-state index in [-0.39, 0.29) is 21.2 Å². The minimum Gasteiger partial charge on any atom is -0.506 e. The maximum absolute atomic E-state index is 10.6. The van der Waals surface area contributed by atoms with Crippen LogP contribution >= 0.6 is 23.2 Å². The molecule has 0 aliphatic rings. The Bertz CT molecular complexity index is 389. The maximum Gasteiger partial charge on any atom is 0.337 e. The van der Waals surface area contributed by atoms with E-state index < -0.39 is 18.3 Å². The molecule has 0 fully saturated rings. The van der Waals surface area contributed by atoms with Crippen molar-refractivity contribution < 1.29 is 20.1 Å². The first-order valence-electron chi connectivity index (χ1n) is 3.53. The largest absolute Gasteiger partial charge is 0.506 e. The van der Waals surface area contributed by atoms with Gasteiger partial charge in [0.25, 0.3) is 0 Å². The predicted molar refractivity (Wildman–Crippen MR) is 51.0 cm³/mol. The Balaban J connectivity index is 3.48. The van der Waals surface area contributed by atoms with E-state index >= 15 is 0 Å². The molecule has 14 heavy (non-hydrogen) atoms. The Morgan fingerprint density at radius 2 is 1.93 bits per heavy atom. The molecule has 0 aliphatic carbocycles. The molecule has 6 heteroatoms. The summed E-state index contributed by atoms with van der Waals surface area (Å²) in [6, 6.07) is 1.08. The van der Waals surface area contributed by atoms with Gasteiger partial charge in [0.1, 0.15) is 10.8 Å². The molecule has 0 amide bonds. The number of rotatable bonds is 2. The second-order valence-electron chi connectivity index (χ2n) is 2.52. The minimum atomic E-state index is -1.27. The van der Waals surface area contributed by atoms with E-state index in [1.54, 1.807) is 0 Å². The number of benzene rings is 1. The van der Waals surface area contributed by atoms with Crippen molar-refractivity contribution in [3.05, 3.63) is 27.2 Å². The van der Waals surface area contributed by atoms with Gasteiger partial charge >= 0.3 is 5.97 Å². The van der Waals surface area contributed by atoms with E-state index in [9.17, 15) is 9.90 Å². The van der Waals surface area contributed by atoms with E-state index in [0.29, 0.717) is 0 Å². The van der Waals surface area contributed by atoms with Crippen LogP contribution < -0.4 is 0 Å². The van der Waals surface area contributed by atoms with E-state index in [2.05, 4.69) is 0 Å². The fraction of sp³-hybridized carbons (Fsp3) is 0.125. The number of carboxylic acid groups (broad SMARTS) is 1. The van der Waals surface area contributed by atoms with Crippen LogP contribution in [-0.2, 0) is 6.61 Å². The Morgan fingerprint density at radius 3 is 2.36 bits per heavy atom. The number of phenols is 1. The van der Waals surface area contributed by atoms with Gasteiger partial charge in [-0.15, -0.1) is 0 Å². The summed E-state index contributed by atoms with van der Waals surface area (Å²) in [6.07, 6.45) is 0. The summed E-state index contributed by atoms with van der Waals surface area (Å²) < 4.78 is 0. The van der Waals surface area contributed by atoms with Crippen LogP contribution in [0.15, 0.2) is 6.07 Å². The highest BCUT2D eigenvalue weighted by Gasteiger charge is 2.18. The zero-order valence-corrected chi connectivity index (χ0v) is 8.30. The van der Waals surface area contributed by atoms with Crippen LogP contribution in [0.25, 0.3) is 0 Å². The number of aliphatic hydroxyl groups excluding tert-OH is 1. The third-order valence-electron chi connectivity index (χ3n) is 1.66. The molecule has 1 aromatic rings. The molecular weight excluding hydrogens is 231 g/mol. The molecule has 0 spiro atoms. The second kappa shape index (κ2) is 4.04. The molecule has 0 heterocycles. The van der Waals surface area contributed by atoms with Crippen molar-refractivity contribution in [1.82, 2.24) is 0 Å².